The molecule has 1 N–H and O–H groups in total. The fourth-order valence-electron chi connectivity index (χ4n) is 3.99. The Balaban J connectivity index is 1.20. The number of piperazine rings is 1. The number of carbonyl (C=O) groups is 1. The molecule has 0 spiro atoms. The Kier molecular flexibility index (Phi) is 5.95. The van der Waals surface area contributed by atoms with Gasteiger partial charge < -0.3 is 19.9 Å². The third-order valence-corrected chi connectivity index (χ3v) is 5.53. The molecule has 0 atom stereocenters. The van der Waals surface area contributed by atoms with Crippen LogP contribution in [0.1, 0.15) is 24.0 Å². The van der Waals surface area contributed by atoms with E-state index in [0.29, 0.717) is 26.2 Å². The van der Waals surface area contributed by atoms with Crippen LogP contribution in [-0.4, -0.2) is 55.2 Å². The number of anilines is 1. The average Bonchev–Trinajstić information content (AvgIpc) is 2.77. The predicted molar refractivity (Wildman–Crippen MR) is 110 cm³/mol. The number of aromatic nitrogens is 1. The number of benzene rings is 1. The second-order valence-electron chi connectivity index (χ2n) is 7.34. The van der Waals surface area contributed by atoms with Gasteiger partial charge in [-0.2, -0.15) is 0 Å². The van der Waals surface area contributed by atoms with Gasteiger partial charge in [-0.15, -0.1) is 0 Å². The summed E-state index contributed by atoms with van der Waals surface area (Å²) in [4.78, 5) is 20.9. The summed E-state index contributed by atoms with van der Waals surface area (Å²) in [6.07, 6.45) is 6.54. The Hall–Kier alpha value is -2.76. The number of ether oxygens (including phenoxy) is 1. The minimum Gasteiger partial charge on any atom is -0.491 e. The van der Waals surface area contributed by atoms with E-state index in [-0.39, 0.29) is 6.03 Å². The van der Waals surface area contributed by atoms with Gasteiger partial charge in [0.25, 0.3) is 0 Å². The molecule has 2 aliphatic rings. The molecule has 2 amide bonds. The number of aryl methyl sites for hydroxylation is 1. The highest BCUT2D eigenvalue weighted by molar-refractivity contribution is 5.74. The van der Waals surface area contributed by atoms with Gasteiger partial charge in [-0.05, 0) is 55.0 Å². The van der Waals surface area contributed by atoms with E-state index in [0.717, 1.165) is 37.5 Å². The van der Waals surface area contributed by atoms with Crippen molar-refractivity contribution in [2.45, 2.75) is 25.7 Å². The highest BCUT2D eigenvalue weighted by atomic mass is 16.5. The minimum atomic E-state index is -0.0145. The third-order valence-electron chi connectivity index (χ3n) is 5.53. The van der Waals surface area contributed by atoms with Crippen LogP contribution < -0.4 is 15.0 Å². The molecule has 1 aliphatic heterocycles. The largest absolute Gasteiger partial charge is 0.491 e. The van der Waals surface area contributed by atoms with Crippen LogP contribution in [0.3, 0.4) is 0 Å². The highest BCUT2D eigenvalue weighted by Crippen LogP contribution is 2.29. The number of carbonyl (C=O) groups excluding carboxylic acids is 1. The van der Waals surface area contributed by atoms with Gasteiger partial charge >= 0.3 is 6.03 Å². The molecule has 1 aromatic heterocycles. The van der Waals surface area contributed by atoms with Crippen LogP contribution in [0.15, 0.2) is 42.6 Å². The average molecular weight is 380 g/mol. The van der Waals surface area contributed by atoms with Gasteiger partial charge in [0, 0.05) is 32.4 Å². The first kappa shape index (κ1) is 18.6. The normalized spacial score (nSPS) is 16.4. The van der Waals surface area contributed by atoms with Crippen LogP contribution in [0, 0.1) is 0 Å². The van der Waals surface area contributed by atoms with Crippen LogP contribution >= 0.6 is 0 Å². The van der Waals surface area contributed by atoms with Gasteiger partial charge in [-0.3, -0.25) is 0 Å². The maximum absolute atomic E-state index is 12.4. The monoisotopic (exact) mass is 380 g/mol. The van der Waals surface area contributed by atoms with Crippen molar-refractivity contribution in [3.63, 3.8) is 0 Å². The Bertz CT molecular complexity index is 788. The molecule has 1 saturated heterocycles. The van der Waals surface area contributed by atoms with Crippen molar-refractivity contribution >= 4 is 11.8 Å². The summed E-state index contributed by atoms with van der Waals surface area (Å²) in [5, 5.41) is 2.99. The Morgan fingerprint density at radius 2 is 1.89 bits per heavy atom. The van der Waals surface area contributed by atoms with Gasteiger partial charge in [-0.1, -0.05) is 18.2 Å². The zero-order valence-corrected chi connectivity index (χ0v) is 16.3. The second-order valence-corrected chi connectivity index (χ2v) is 7.34. The summed E-state index contributed by atoms with van der Waals surface area (Å²) in [7, 11) is 0. The number of nitrogens with one attached hydrogen (secondary N) is 1. The lowest BCUT2D eigenvalue weighted by molar-refractivity contribution is 0.191. The molecule has 1 aliphatic carbocycles. The molecular formula is C22H28N4O2. The number of amides is 2. The summed E-state index contributed by atoms with van der Waals surface area (Å²) in [6, 6.07) is 12.2. The van der Waals surface area contributed by atoms with E-state index in [9.17, 15) is 4.79 Å². The van der Waals surface area contributed by atoms with Crippen molar-refractivity contribution in [1.82, 2.24) is 15.2 Å². The van der Waals surface area contributed by atoms with Gasteiger partial charge in [-0.25, -0.2) is 9.78 Å². The molecule has 6 heteroatoms. The number of nitrogens with zero attached hydrogens (tertiary/aromatic N) is 3. The summed E-state index contributed by atoms with van der Waals surface area (Å²) < 4.78 is 5.97. The first-order valence-electron chi connectivity index (χ1n) is 10.2. The Labute approximate surface area is 166 Å². The molecule has 1 fully saturated rings. The summed E-state index contributed by atoms with van der Waals surface area (Å²) in [5.41, 5.74) is 2.77. The fourth-order valence-corrected chi connectivity index (χ4v) is 3.99. The lowest BCUT2D eigenvalue weighted by Gasteiger charge is -2.35. The van der Waals surface area contributed by atoms with Crippen LogP contribution in [0.5, 0.6) is 5.75 Å². The smallest absolute Gasteiger partial charge is 0.317 e. The zero-order chi connectivity index (χ0) is 19.2. The molecule has 0 radical (unpaired) electrons. The number of hydrogen-bond donors (Lipinski definition) is 1. The fraction of sp³-hybridized carbons (Fsp3) is 0.455. The Morgan fingerprint density at radius 3 is 2.71 bits per heavy atom. The summed E-state index contributed by atoms with van der Waals surface area (Å²) in [5.74, 6) is 1.96. The molecule has 1 aromatic carbocycles. The molecule has 4 rings (SSSR count). The topological polar surface area (TPSA) is 57.7 Å². The van der Waals surface area contributed by atoms with Crippen molar-refractivity contribution in [2.24, 2.45) is 0 Å². The van der Waals surface area contributed by atoms with Crippen molar-refractivity contribution in [3.05, 3.63) is 53.7 Å². The van der Waals surface area contributed by atoms with Gasteiger partial charge in [0.05, 0.1) is 6.54 Å². The first-order chi connectivity index (χ1) is 13.8. The van der Waals surface area contributed by atoms with Gasteiger partial charge in [0.1, 0.15) is 18.2 Å². The van der Waals surface area contributed by atoms with Crippen molar-refractivity contribution in [1.29, 1.82) is 0 Å². The van der Waals surface area contributed by atoms with E-state index >= 15 is 0 Å². The third kappa shape index (κ3) is 4.38. The Morgan fingerprint density at radius 1 is 1.04 bits per heavy atom. The van der Waals surface area contributed by atoms with E-state index in [1.807, 2.05) is 29.2 Å². The second kappa shape index (κ2) is 8.95. The van der Waals surface area contributed by atoms with Gasteiger partial charge in [0.15, 0.2) is 0 Å². The first-order valence-corrected chi connectivity index (χ1v) is 10.2. The molecule has 0 bridgehead atoms. The van der Waals surface area contributed by atoms with Crippen LogP contribution in [0.2, 0.25) is 0 Å². The van der Waals surface area contributed by atoms with Crippen LogP contribution in [0.4, 0.5) is 10.6 Å². The highest BCUT2D eigenvalue weighted by Gasteiger charge is 2.21. The standard InChI is InChI=1S/C22H28N4O2/c27-22(26-15-13-25(14-16-26)21-10-3-4-11-23-21)24-12-17-28-20-9-5-7-18-6-1-2-8-19(18)20/h3-5,7,9-11H,1-2,6,8,12-17H2,(H,24,27). The molecule has 2 aromatic rings. The number of urea groups is 1. The number of hydrogen-bond acceptors (Lipinski definition) is 4. The summed E-state index contributed by atoms with van der Waals surface area (Å²) >= 11 is 0. The molecule has 2 heterocycles. The van der Waals surface area contributed by atoms with Crippen LogP contribution in [0.25, 0.3) is 0 Å². The van der Waals surface area contributed by atoms with Crippen molar-refractivity contribution < 1.29 is 9.53 Å². The van der Waals surface area contributed by atoms with E-state index < -0.39 is 0 Å². The van der Waals surface area contributed by atoms with E-state index in [2.05, 4.69) is 27.3 Å². The molecule has 6 nitrogen and oxygen atoms in total. The SMILES string of the molecule is O=C(NCCOc1cccc2c1CCCC2)N1CCN(c2ccccn2)CC1. The van der Waals surface area contributed by atoms with Crippen molar-refractivity contribution in [3.8, 4) is 5.75 Å². The molecule has 148 valence electrons. The number of pyridine rings is 1. The van der Waals surface area contributed by atoms with Crippen molar-refractivity contribution in [2.75, 3.05) is 44.2 Å². The number of fused-ring (bicyclic) bond motifs is 1. The quantitative estimate of drug-likeness (QED) is 0.811. The predicted octanol–water partition coefficient (Wildman–Crippen LogP) is 2.87. The van der Waals surface area contributed by atoms with E-state index in [1.165, 1.54) is 24.0 Å². The van der Waals surface area contributed by atoms with Gasteiger partial charge in [0.2, 0.25) is 0 Å². The number of rotatable bonds is 5. The minimum absolute atomic E-state index is 0.0145. The maximum atomic E-state index is 12.4. The summed E-state index contributed by atoms with van der Waals surface area (Å²) in [6.45, 7) is 4.03. The van der Waals surface area contributed by atoms with E-state index in [4.69, 9.17) is 4.74 Å². The molecular weight excluding hydrogens is 352 g/mol. The lowest BCUT2D eigenvalue weighted by Crippen LogP contribution is -2.52. The molecule has 0 unspecified atom stereocenters. The molecule has 0 saturated carbocycles. The zero-order valence-electron chi connectivity index (χ0n) is 16.3. The molecule has 28 heavy (non-hydrogen) atoms. The van der Waals surface area contributed by atoms with E-state index in [1.54, 1.807) is 6.20 Å². The maximum Gasteiger partial charge on any atom is 0.317 e. The van der Waals surface area contributed by atoms with Crippen LogP contribution in [-0.2, 0) is 12.8 Å². The lowest BCUT2D eigenvalue weighted by atomic mass is 9.91.